The van der Waals surface area contributed by atoms with Gasteiger partial charge in [0.15, 0.2) is 11.5 Å². The molecule has 1 aromatic carbocycles. The molecule has 2 aromatic heterocycles. The van der Waals surface area contributed by atoms with Gasteiger partial charge in [0.2, 0.25) is 0 Å². The topological polar surface area (TPSA) is 115 Å². The standard InChI is InChI=1S/C18H17N5O3/c24-15-2-1-11(5-16(15)25)8-23-4-3-13-14(9-23)21-17(22-18(13)26)12-6-19-10-20-7-12/h1-2,5-7,10,24-25H,3-4,8-9H2,(H,21,22,26). The number of rotatable bonds is 3. The number of aromatic hydroxyl groups is 2. The van der Waals surface area contributed by atoms with Gasteiger partial charge in [-0.25, -0.2) is 15.0 Å². The second-order valence-electron chi connectivity index (χ2n) is 6.25. The Morgan fingerprint density at radius 1 is 1.15 bits per heavy atom. The first kappa shape index (κ1) is 16.2. The Balaban J connectivity index is 1.60. The van der Waals surface area contributed by atoms with E-state index in [1.165, 1.54) is 12.4 Å². The summed E-state index contributed by atoms with van der Waals surface area (Å²) in [6.07, 6.45) is 5.25. The molecule has 3 N–H and O–H groups in total. The predicted molar refractivity (Wildman–Crippen MR) is 93.5 cm³/mol. The zero-order valence-corrected chi connectivity index (χ0v) is 13.9. The smallest absolute Gasteiger partial charge is 0.254 e. The summed E-state index contributed by atoms with van der Waals surface area (Å²) < 4.78 is 0. The average Bonchev–Trinajstić information content (AvgIpc) is 2.65. The van der Waals surface area contributed by atoms with Crippen molar-refractivity contribution in [3.05, 3.63) is 64.1 Å². The third kappa shape index (κ3) is 3.14. The highest BCUT2D eigenvalue weighted by atomic mass is 16.3. The minimum absolute atomic E-state index is 0.129. The Labute approximate surface area is 148 Å². The highest BCUT2D eigenvalue weighted by Crippen LogP contribution is 2.26. The Morgan fingerprint density at radius 3 is 2.73 bits per heavy atom. The van der Waals surface area contributed by atoms with Crippen LogP contribution in [0.2, 0.25) is 0 Å². The minimum atomic E-state index is -0.138. The molecule has 0 bridgehead atoms. The summed E-state index contributed by atoms with van der Waals surface area (Å²) >= 11 is 0. The van der Waals surface area contributed by atoms with Gasteiger partial charge in [-0.1, -0.05) is 6.07 Å². The van der Waals surface area contributed by atoms with Gasteiger partial charge in [0.1, 0.15) is 12.2 Å². The van der Waals surface area contributed by atoms with E-state index in [0.29, 0.717) is 43.0 Å². The highest BCUT2D eigenvalue weighted by molar-refractivity contribution is 5.52. The molecule has 0 aliphatic carbocycles. The highest BCUT2D eigenvalue weighted by Gasteiger charge is 2.21. The van der Waals surface area contributed by atoms with Gasteiger partial charge in [-0.3, -0.25) is 9.69 Å². The number of phenolic OH excluding ortho intramolecular Hbond substituents is 2. The normalized spacial score (nSPS) is 14.2. The molecular weight excluding hydrogens is 334 g/mol. The van der Waals surface area contributed by atoms with Gasteiger partial charge < -0.3 is 15.2 Å². The first-order chi connectivity index (χ1) is 12.6. The molecule has 8 nitrogen and oxygen atoms in total. The van der Waals surface area contributed by atoms with Crippen LogP contribution in [0.5, 0.6) is 11.5 Å². The maximum atomic E-state index is 12.4. The van der Waals surface area contributed by atoms with Crippen LogP contribution < -0.4 is 5.56 Å². The number of fused-ring (bicyclic) bond motifs is 1. The van der Waals surface area contributed by atoms with E-state index in [2.05, 4.69) is 24.8 Å². The summed E-state index contributed by atoms with van der Waals surface area (Å²) in [6.45, 7) is 1.83. The number of aromatic amines is 1. The van der Waals surface area contributed by atoms with Gasteiger partial charge in [0.25, 0.3) is 5.56 Å². The number of H-pyrrole nitrogens is 1. The van der Waals surface area contributed by atoms with Crippen molar-refractivity contribution >= 4 is 0 Å². The van der Waals surface area contributed by atoms with E-state index in [-0.39, 0.29) is 17.1 Å². The van der Waals surface area contributed by atoms with Crippen LogP contribution in [0.3, 0.4) is 0 Å². The fourth-order valence-electron chi connectivity index (χ4n) is 3.11. The number of aromatic nitrogens is 4. The molecule has 3 aromatic rings. The van der Waals surface area contributed by atoms with E-state index in [4.69, 9.17) is 0 Å². The van der Waals surface area contributed by atoms with Crippen molar-refractivity contribution in [2.45, 2.75) is 19.5 Å². The first-order valence-corrected chi connectivity index (χ1v) is 8.21. The molecule has 0 amide bonds. The van der Waals surface area contributed by atoms with E-state index in [9.17, 15) is 15.0 Å². The number of benzene rings is 1. The summed E-state index contributed by atoms with van der Waals surface area (Å²) in [6, 6.07) is 4.78. The molecule has 8 heteroatoms. The van der Waals surface area contributed by atoms with Crippen molar-refractivity contribution in [1.29, 1.82) is 0 Å². The quantitative estimate of drug-likeness (QED) is 0.607. The van der Waals surface area contributed by atoms with Gasteiger partial charge in [0.05, 0.1) is 11.3 Å². The zero-order chi connectivity index (χ0) is 18.1. The molecule has 132 valence electrons. The van der Waals surface area contributed by atoms with E-state index < -0.39 is 0 Å². The molecule has 0 saturated carbocycles. The lowest BCUT2D eigenvalue weighted by Gasteiger charge is -2.27. The number of hydrogen-bond donors (Lipinski definition) is 3. The van der Waals surface area contributed by atoms with Gasteiger partial charge in [-0.2, -0.15) is 0 Å². The Morgan fingerprint density at radius 2 is 1.96 bits per heavy atom. The van der Waals surface area contributed by atoms with Crippen LogP contribution in [-0.2, 0) is 19.5 Å². The van der Waals surface area contributed by atoms with Crippen LogP contribution in [0.4, 0.5) is 0 Å². The van der Waals surface area contributed by atoms with Crippen molar-refractivity contribution in [2.24, 2.45) is 0 Å². The monoisotopic (exact) mass is 351 g/mol. The van der Waals surface area contributed by atoms with E-state index >= 15 is 0 Å². The number of nitrogens with zero attached hydrogens (tertiary/aromatic N) is 4. The van der Waals surface area contributed by atoms with Gasteiger partial charge in [-0.15, -0.1) is 0 Å². The molecule has 0 saturated heterocycles. The zero-order valence-electron chi connectivity index (χ0n) is 13.9. The number of hydrogen-bond acceptors (Lipinski definition) is 7. The molecule has 26 heavy (non-hydrogen) atoms. The Kier molecular flexibility index (Phi) is 4.10. The van der Waals surface area contributed by atoms with Crippen molar-refractivity contribution in [3.63, 3.8) is 0 Å². The van der Waals surface area contributed by atoms with Crippen LogP contribution in [-0.4, -0.2) is 41.6 Å². The lowest BCUT2D eigenvalue weighted by molar-refractivity contribution is 0.240. The van der Waals surface area contributed by atoms with E-state index in [1.54, 1.807) is 24.5 Å². The van der Waals surface area contributed by atoms with Crippen LogP contribution in [0.15, 0.2) is 41.7 Å². The lowest BCUT2D eigenvalue weighted by atomic mass is 10.1. The van der Waals surface area contributed by atoms with E-state index in [0.717, 1.165) is 11.3 Å². The van der Waals surface area contributed by atoms with Crippen LogP contribution in [0, 0.1) is 0 Å². The maximum Gasteiger partial charge on any atom is 0.254 e. The summed E-state index contributed by atoms with van der Waals surface area (Å²) in [5.74, 6) is 0.181. The molecule has 1 aliphatic heterocycles. The van der Waals surface area contributed by atoms with Crippen LogP contribution >= 0.6 is 0 Å². The van der Waals surface area contributed by atoms with Gasteiger partial charge in [-0.05, 0) is 24.1 Å². The molecule has 1 aliphatic rings. The molecule has 0 atom stereocenters. The van der Waals surface area contributed by atoms with Crippen LogP contribution in [0.1, 0.15) is 16.8 Å². The first-order valence-electron chi connectivity index (χ1n) is 8.21. The second kappa shape index (κ2) is 6.57. The minimum Gasteiger partial charge on any atom is -0.504 e. The fraction of sp³-hybridized carbons (Fsp3) is 0.222. The molecule has 0 unspecified atom stereocenters. The molecule has 0 spiro atoms. The summed E-state index contributed by atoms with van der Waals surface area (Å²) in [4.78, 5) is 29.9. The SMILES string of the molecule is O=c1[nH]c(-c2cncnc2)nc2c1CCN(Cc1ccc(O)c(O)c1)C2. The summed E-state index contributed by atoms with van der Waals surface area (Å²) in [5, 5.41) is 19.1. The molecule has 0 fully saturated rings. The third-order valence-corrected chi connectivity index (χ3v) is 4.43. The van der Waals surface area contributed by atoms with Crippen molar-refractivity contribution < 1.29 is 10.2 Å². The molecule has 0 radical (unpaired) electrons. The Hall–Kier alpha value is -3.26. The van der Waals surface area contributed by atoms with Crippen molar-refractivity contribution in [2.75, 3.05) is 6.54 Å². The van der Waals surface area contributed by atoms with E-state index in [1.807, 2.05) is 0 Å². The number of phenols is 2. The molecule has 3 heterocycles. The van der Waals surface area contributed by atoms with Crippen LogP contribution in [0.25, 0.3) is 11.4 Å². The lowest BCUT2D eigenvalue weighted by Crippen LogP contribution is -2.35. The van der Waals surface area contributed by atoms with Crippen molar-refractivity contribution in [3.8, 4) is 22.9 Å². The maximum absolute atomic E-state index is 12.4. The van der Waals surface area contributed by atoms with Gasteiger partial charge >= 0.3 is 0 Å². The molecule has 4 rings (SSSR count). The fourth-order valence-corrected chi connectivity index (χ4v) is 3.11. The largest absolute Gasteiger partial charge is 0.504 e. The van der Waals surface area contributed by atoms with Crippen molar-refractivity contribution in [1.82, 2.24) is 24.8 Å². The second-order valence-corrected chi connectivity index (χ2v) is 6.25. The third-order valence-electron chi connectivity index (χ3n) is 4.43. The Bertz CT molecular complexity index is 1000. The summed E-state index contributed by atoms with van der Waals surface area (Å²) in [7, 11) is 0. The predicted octanol–water partition coefficient (Wildman–Crippen LogP) is 1.20. The van der Waals surface area contributed by atoms with Gasteiger partial charge in [0, 0.05) is 37.6 Å². The number of nitrogens with one attached hydrogen (secondary N) is 1. The average molecular weight is 351 g/mol. The summed E-state index contributed by atoms with van der Waals surface area (Å²) in [5.41, 5.74) is 2.85. The molecular formula is C18H17N5O3.